The quantitative estimate of drug-likeness (QED) is 0.646. The van der Waals surface area contributed by atoms with E-state index in [0.29, 0.717) is 0 Å². The third-order valence-electron chi connectivity index (χ3n) is 2.76. The SMILES string of the molecule is Brc1cn2c(CNc3ccc(I)cc3)cnc2cn1. The maximum Gasteiger partial charge on any atom is 0.155 e. The van der Waals surface area contributed by atoms with Gasteiger partial charge in [0.15, 0.2) is 5.65 Å². The van der Waals surface area contributed by atoms with E-state index in [1.54, 1.807) is 6.20 Å². The first-order chi connectivity index (χ1) is 9.22. The largest absolute Gasteiger partial charge is 0.379 e. The Labute approximate surface area is 132 Å². The van der Waals surface area contributed by atoms with Crippen molar-refractivity contribution in [1.29, 1.82) is 0 Å². The van der Waals surface area contributed by atoms with E-state index in [-0.39, 0.29) is 0 Å². The van der Waals surface area contributed by atoms with Gasteiger partial charge in [-0.2, -0.15) is 0 Å². The molecule has 3 rings (SSSR count). The molecule has 0 saturated carbocycles. The highest BCUT2D eigenvalue weighted by Crippen LogP contribution is 2.14. The Morgan fingerprint density at radius 3 is 2.74 bits per heavy atom. The number of hydrogen-bond acceptors (Lipinski definition) is 3. The highest BCUT2D eigenvalue weighted by molar-refractivity contribution is 14.1. The molecule has 0 radical (unpaired) electrons. The van der Waals surface area contributed by atoms with Gasteiger partial charge < -0.3 is 5.32 Å². The molecule has 0 bridgehead atoms. The Kier molecular flexibility index (Phi) is 3.69. The van der Waals surface area contributed by atoms with Gasteiger partial charge in [0.05, 0.1) is 24.6 Å². The summed E-state index contributed by atoms with van der Waals surface area (Å²) in [6.07, 6.45) is 5.54. The van der Waals surface area contributed by atoms with Crippen LogP contribution in [0.3, 0.4) is 0 Å². The number of nitrogens with one attached hydrogen (secondary N) is 1. The van der Waals surface area contributed by atoms with E-state index in [1.165, 1.54) is 3.57 Å². The molecular formula is C13H10BrIN4. The van der Waals surface area contributed by atoms with Crippen LogP contribution in [0.2, 0.25) is 0 Å². The monoisotopic (exact) mass is 428 g/mol. The van der Waals surface area contributed by atoms with Crippen LogP contribution < -0.4 is 5.32 Å². The van der Waals surface area contributed by atoms with Gasteiger partial charge >= 0.3 is 0 Å². The summed E-state index contributed by atoms with van der Waals surface area (Å²) in [5.41, 5.74) is 3.04. The van der Waals surface area contributed by atoms with E-state index in [9.17, 15) is 0 Å². The minimum atomic E-state index is 0.720. The zero-order chi connectivity index (χ0) is 13.2. The van der Waals surface area contributed by atoms with Crippen LogP contribution in [0.4, 0.5) is 5.69 Å². The topological polar surface area (TPSA) is 42.2 Å². The van der Waals surface area contributed by atoms with Gasteiger partial charge in [0.25, 0.3) is 0 Å². The van der Waals surface area contributed by atoms with E-state index >= 15 is 0 Å². The molecule has 0 amide bonds. The zero-order valence-electron chi connectivity index (χ0n) is 9.85. The van der Waals surface area contributed by atoms with E-state index in [0.717, 1.165) is 28.2 Å². The minimum absolute atomic E-state index is 0.720. The molecule has 0 aliphatic heterocycles. The Bertz CT molecular complexity index is 708. The van der Waals surface area contributed by atoms with Crippen LogP contribution in [-0.2, 0) is 6.54 Å². The molecular weight excluding hydrogens is 419 g/mol. The molecule has 0 unspecified atom stereocenters. The second kappa shape index (κ2) is 5.46. The van der Waals surface area contributed by atoms with Crippen molar-refractivity contribution >= 4 is 49.9 Å². The lowest BCUT2D eigenvalue weighted by molar-refractivity contribution is 0.983. The van der Waals surface area contributed by atoms with Gasteiger partial charge in [0, 0.05) is 15.5 Å². The fourth-order valence-electron chi connectivity index (χ4n) is 1.81. The van der Waals surface area contributed by atoms with E-state index in [1.807, 2.05) is 16.8 Å². The number of halogens is 2. The predicted molar refractivity (Wildman–Crippen MR) is 87.2 cm³/mol. The van der Waals surface area contributed by atoms with Gasteiger partial charge in [-0.25, -0.2) is 9.97 Å². The van der Waals surface area contributed by atoms with Crippen LogP contribution in [0, 0.1) is 3.57 Å². The van der Waals surface area contributed by atoms with Gasteiger partial charge in [0.1, 0.15) is 4.60 Å². The van der Waals surface area contributed by atoms with Crippen LogP contribution in [0.1, 0.15) is 5.69 Å². The number of nitrogens with zero attached hydrogens (tertiary/aromatic N) is 3. The van der Waals surface area contributed by atoms with E-state index < -0.39 is 0 Å². The molecule has 0 saturated heterocycles. The summed E-state index contributed by atoms with van der Waals surface area (Å²) in [5, 5.41) is 3.39. The summed E-state index contributed by atoms with van der Waals surface area (Å²) in [6, 6.07) is 8.31. The number of imidazole rings is 1. The molecule has 0 aliphatic carbocycles. The third kappa shape index (κ3) is 2.89. The molecule has 2 heterocycles. The Balaban J connectivity index is 1.81. The van der Waals surface area contributed by atoms with Crippen molar-refractivity contribution in [3.05, 3.63) is 56.7 Å². The summed E-state index contributed by atoms with van der Waals surface area (Å²) in [7, 11) is 0. The maximum absolute atomic E-state index is 4.32. The average molecular weight is 429 g/mol. The first-order valence-corrected chi connectivity index (χ1v) is 7.56. The summed E-state index contributed by atoms with van der Waals surface area (Å²) in [6.45, 7) is 0.720. The van der Waals surface area contributed by atoms with Crippen LogP contribution in [0.25, 0.3) is 5.65 Å². The Morgan fingerprint density at radius 1 is 1.16 bits per heavy atom. The van der Waals surface area contributed by atoms with Crippen molar-refractivity contribution in [2.75, 3.05) is 5.32 Å². The van der Waals surface area contributed by atoms with E-state index in [2.05, 4.69) is 78.1 Å². The molecule has 96 valence electrons. The van der Waals surface area contributed by atoms with Crippen LogP contribution in [-0.4, -0.2) is 14.4 Å². The molecule has 1 aromatic carbocycles. The van der Waals surface area contributed by atoms with Gasteiger partial charge in [-0.3, -0.25) is 4.40 Å². The van der Waals surface area contributed by atoms with Gasteiger partial charge in [0.2, 0.25) is 0 Å². The van der Waals surface area contributed by atoms with Crippen LogP contribution >= 0.6 is 38.5 Å². The fraction of sp³-hybridized carbons (Fsp3) is 0.0769. The molecule has 0 atom stereocenters. The minimum Gasteiger partial charge on any atom is -0.379 e. The first-order valence-electron chi connectivity index (χ1n) is 5.69. The summed E-state index contributed by atoms with van der Waals surface area (Å²) < 4.78 is 4.05. The summed E-state index contributed by atoms with van der Waals surface area (Å²) >= 11 is 5.67. The van der Waals surface area contributed by atoms with Gasteiger partial charge in [-0.1, -0.05) is 0 Å². The highest BCUT2D eigenvalue weighted by atomic mass is 127. The van der Waals surface area contributed by atoms with Crippen molar-refractivity contribution in [1.82, 2.24) is 14.4 Å². The van der Waals surface area contributed by atoms with Crippen molar-refractivity contribution in [2.24, 2.45) is 0 Å². The molecule has 3 aromatic rings. The number of anilines is 1. The first kappa shape index (κ1) is 12.9. The Morgan fingerprint density at radius 2 is 1.95 bits per heavy atom. The number of aromatic nitrogens is 3. The van der Waals surface area contributed by atoms with Crippen molar-refractivity contribution in [3.8, 4) is 0 Å². The van der Waals surface area contributed by atoms with Gasteiger partial charge in [-0.05, 0) is 62.8 Å². The summed E-state index contributed by atoms with van der Waals surface area (Å²) in [5.74, 6) is 0. The molecule has 6 heteroatoms. The van der Waals surface area contributed by atoms with Crippen molar-refractivity contribution < 1.29 is 0 Å². The van der Waals surface area contributed by atoms with Crippen molar-refractivity contribution in [3.63, 3.8) is 0 Å². The molecule has 0 spiro atoms. The number of hydrogen-bond donors (Lipinski definition) is 1. The van der Waals surface area contributed by atoms with Crippen LogP contribution in [0.5, 0.6) is 0 Å². The lowest BCUT2D eigenvalue weighted by Crippen LogP contribution is -2.02. The molecule has 0 fully saturated rings. The fourth-order valence-corrected chi connectivity index (χ4v) is 2.47. The van der Waals surface area contributed by atoms with Gasteiger partial charge in [-0.15, -0.1) is 0 Å². The second-order valence-corrected chi connectivity index (χ2v) is 6.11. The maximum atomic E-state index is 4.32. The standard InChI is InChI=1S/C13H10BrIN4/c14-12-8-19-11(6-18-13(19)7-17-12)5-16-10-3-1-9(15)2-4-10/h1-4,6-8,16H,5H2. The molecule has 4 nitrogen and oxygen atoms in total. The Hall–Kier alpha value is -1.15. The molecule has 0 aliphatic rings. The predicted octanol–water partition coefficient (Wildman–Crippen LogP) is 3.71. The number of benzene rings is 1. The lowest BCUT2D eigenvalue weighted by atomic mass is 10.3. The number of fused-ring (bicyclic) bond motifs is 1. The smallest absolute Gasteiger partial charge is 0.155 e. The average Bonchev–Trinajstić information content (AvgIpc) is 2.80. The zero-order valence-corrected chi connectivity index (χ0v) is 13.6. The summed E-state index contributed by atoms with van der Waals surface area (Å²) in [4.78, 5) is 8.49. The van der Waals surface area contributed by atoms with Crippen molar-refractivity contribution in [2.45, 2.75) is 6.54 Å². The number of rotatable bonds is 3. The lowest BCUT2D eigenvalue weighted by Gasteiger charge is -2.06. The van der Waals surface area contributed by atoms with Crippen LogP contribution in [0.15, 0.2) is 47.5 Å². The van der Waals surface area contributed by atoms with E-state index in [4.69, 9.17) is 0 Å². The third-order valence-corrected chi connectivity index (χ3v) is 3.89. The highest BCUT2D eigenvalue weighted by Gasteiger charge is 2.04. The normalized spacial score (nSPS) is 10.8. The second-order valence-electron chi connectivity index (χ2n) is 4.05. The molecule has 1 N–H and O–H groups in total. The molecule has 19 heavy (non-hydrogen) atoms. The molecule has 2 aromatic heterocycles.